The maximum Gasteiger partial charge on any atom is 0.261 e. The van der Waals surface area contributed by atoms with Gasteiger partial charge in [0.15, 0.2) is 0 Å². The van der Waals surface area contributed by atoms with Crippen molar-refractivity contribution in [3.63, 3.8) is 0 Å². The van der Waals surface area contributed by atoms with Crippen LogP contribution in [-0.2, 0) is 17.8 Å². The summed E-state index contributed by atoms with van der Waals surface area (Å²) in [5.41, 5.74) is 2.27. The van der Waals surface area contributed by atoms with E-state index in [0.29, 0.717) is 37.2 Å². The maximum atomic E-state index is 13.3. The number of halogens is 1. The zero-order chi connectivity index (χ0) is 21.2. The third kappa shape index (κ3) is 4.27. The van der Waals surface area contributed by atoms with Crippen LogP contribution in [0.5, 0.6) is 0 Å². The number of para-hydroxylation sites is 1. The Kier molecular flexibility index (Phi) is 5.59. The Balaban J connectivity index is 1.50. The molecule has 2 aromatic carbocycles. The summed E-state index contributed by atoms with van der Waals surface area (Å²) in [5.74, 6) is 0.449. The minimum Gasteiger partial charge on any atom is -0.379 e. The van der Waals surface area contributed by atoms with E-state index in [1.165, 1.54) is 23.5 Å². The number of benzene rings is 2. The van der Waals surface area contributed by atoms with Gasteiger partial charge in [0.2, 0.25) is 0 Å². The molecule has 5 rings (SSSR count). The second kappa shape index (κ2) is 8.66. The molecule has 6 nitrogen and oxygen atoms in total. The standard InChI is InChI=1S/C23H21FN4O2S/c24-17-7-5-16(6-8-17)20-15-31-22(26-20)14-28-21(13-27-9-11-30-12-10-27)25-19-4-2-1-3-18(19)23(28)29/h1-8,15H,9-14H2. The Bertz CT molecular complexity index is 1260. The molecule has 0 unspecified atom stereocenters. The summed E-state index contributed by atoms with van der Waals surface area (Å²) in [6.45, 7) is 3.93. The highest BCUT2D eigenvalue weighted by atomic mass is 32.1. The molecule has 4 aromatic rings. The first-order valence-electron chi connectivity index (χ1n) is 10.2. The van der Waals surface area contributed by atoms with Crippen LogP contribution in [-0.4, -0.2) is 45.7 Å². The van der Waals surface area contributed by atoms with Gasteiger partial charge in [-0.1, -0.05) is 12.1 Å². The number of rotatable bonds is 5. The van der Waals surface area contributed by atoms with E-state index in [1.54, 1.807) is 16.7 Å². The van der Waals surface area contributed by atoms with Crippen molar-refractivity contribution in [3.8, 4) is 11.3 Å². The van der Waals surface area contributed by atoms with Crippen LogP contribution in [0.25, 0.3) is 22.2 Å². The highest BCUT2D eigenvalue weighted by molar-refractivity contribution is 7.09. The quantitative estimate of drug-likeness (QED) is 0.479. The van der Waals surface area contributed by atoms with Gasteiger partial charge in [-0.3, -0.25) is 14.3 Å². The first-order chi connectivity index (χ1) is 15.2. The van der Waals surface area contributed by atoms with Crippen LogP contribution in [0.2, 0.25) is 0 Å². The van der Waals surface area contributed by atoms with E-state index in [-0.39, 0.29) is 11.4 Å². The summed E-state index contributed by atoms with van der Waals surface area (Å²) in [6.07, 6.45) is 0. The van der Waals surface area contributed by atoms with Gasteiger partial charge in [-0.25, -0.2) is 14.4 Å². The van der Waals surface area contributed by atoms with Crippen molar-refractivity contribution in [1.82, 2.24) is 19.4 Å². The van der Waals surface area contributed by atoms with Gasteiger partial charge in [0.05, 0.1) is 42.9 Å². The summed E-state index contributed by atoms with van der Waals surface area (Å²) in [6, 6.07) is 13.7. The van der Waals surface area contributed by atoms with Crippen molar-refractivity contribution in [2.24, 2.45) is 0 Å². The van der Waals surface area contributed by atoms with Crippen LogP contribution in [0.15, 0.2) is 58.7 Å². The number of fused-ring (bicyclic) bond motifs is 1. The molecule has 8 heteroatoms. The topological polar surface area (TPSA) is 60.3 Å². The average molecular weight is 437 g/mol. The summed E-state index contributed by atoms with van der Waals surface area (Å²) < 4.78 is 20.4. The van der Waals surface area contributed by atoms with Gasteiger partial charge in [0, 0.05) is 24.0 Å². The summed E-state index contributed by atoms with van der Waals surface area (Å²) in [5, 5.41) is 3.34. The van der Waals surface area contributed by atoms with Gasteiger partial charge in [0.1, 0.15) is 16.6 Å². The Morgan fingerprint density at radius 2 is 1.77 bits per heavy atom. The van der Waals surface area contributed by atoms with E-state index in [0.717, 1.165) is 35.2 Å². The lowest BCUT2D eigenvalue weighted by atomic mass is 10.2. The zero-order valence-electron chi connectivity index (χ0n) is 16.8. The molecule has 0 radical (unpaired) electrons. The highest BCUT2D eigenvalue weighted by Crippen LogP contribution is 2.23. The minimum atomic E-state index is -0.277. The fourth-order valence-corrected chi connectivity index (χ4v) is 4.52. The molecular formula is C23H21FN4O2S. The monoisotopic (exact) mass is 436 g/mol. The van der Waals surface area contributed by atoms with Crippen molar-refractivity contribution in [3.05, 3.63) is 80.9 Å². The van der Waals surface area contributed by atoms with E-state index >= 15 is 0 Å². The number of morpholine rings is 1. The molecule has 0 amide bonds. The molecular weight excluding hydrogens is 415 g/mol. The van der Waals surface area contributed by atoms with Gasteiger partial charge >= 0.3 is 0 Å². The Hall–Kier alpha value is -2.94. The molecule has 0 saturated carbocycles. The lowest BCUT2D eigenvalue weighted by Crippen LogP contribution is -2.38. The highest BCUT2D eigenvalue weighted by Gasteiger charge is 2.18. The Morgan fingerprint density at radius 3 is 2.58 bits per heavy atom. The van der Waals surface area contributed by atoms with Crippen molar-refractivity contribution in [2.45, 2.75) is 13.1 Å². The predicted molar refractivity (Wildman–Crippen MR) is 119 cm³/mol. The molecule has 1 aliphatic rings. The van der Waals surface area contributed by atoms with Crippen LogP contribution in [0.1, 0.15) is 10.8 Å². The molecule has 0 spiro atoms. The van der Waals surface area contributed by atoms with Crippen molar-refractivity contribution in [1.29, 1.82) is 0 Å². The SMILES string of the molecule is O=c1c2ccccc2nc(CN2CCOCC2)n1Cc1nc(-c2ccc(F)cc2)cs1. The van der Waals surface area contributed by atoms with Crippen LogP contribution >= 0.6 is 11.3 Å². The van der Waals surface area contributed by atoms with E-state index in [9.17, 15) is 9.18 Å². The number of thiazole rings is 1. The van der Waals surface area contributed by atoms with Gasteiger partial charge in [-0.2, -0.15) is 0 Å². The molecule has 0 atom stereocenters. The van der Waals surface area contributed by atoms with Crippen molar-refractivity contribution >= 4 is 22.2 Å². The van der Waals surface area contributed by atoms with Crippen LogP contribution < -0.4 is 5.56 Å². The van der Waals surface area contributed by atoms with Gasteiger partial charge in [-0.15, -0.1) is 11.3 Å². The first-order valence-corrected chi connectivity index (χ1v) is 11.0. The lowest BCUT2D eigenvalue weighted by Gasteiger charge is -2.27. The molecule has 0 aliphatic carbocycles. The normalized spacial score (nSPS) is 14.9. The van der Waals surface area contributed by atoms with Crippen molar-refractivity contribution < 1.29 is 9.13 Å². The molecule has 1 fully saturated rings. The van der Waals surface area contributed by atoms with E-state index in [1.807, 2.05) is 29.6 Å². The molecule has 1 saturated heterocycles. The molecule has 31 heavy (non-hydrogen) atoms. The summed E-state index contributed by atoms with van der Waals surface area (Å²) in [7, 11) is 0. The van der Waals surface area contributed by atoms with Gasteiger partial charge in [-0.05, 0) is 36.4 Å². The predicted octanol–water partition coefficient (Wildman–Crippen LogP) is 3.54. The van der Waals surface area contributed by atoms with Gasteiger partial charge in [0.25, 0.3) is 5.56 Å². The molecule has 3 heterocycles. The number of hydrogen-bond acceptors (Lipinski definition) is 6. The van der Waals surface area contributed by atoms with Crippen LogP contribution in [0.3, 0.4) is 0 Å². The molecule has 0 bridgehead atoms. The Labute approximate surface area is 182 Å². The maximum absolute atomic E-state index is 13.3. The molecule has 1 aliphatic heterocycles. The number of aromatic nitrogens is 3. The third-order valence-electron chi connectivity index (χ3n) is 5.39. The smallest absolute Gasteiger partial charge is 0.261 e. The second-order valence-electron chi connectivity index (χ2n) is 7.46. The summed E-state index contributed by atoms with van der Waals surface area (Å²) >= 11 is 1.49. The number of ether oxygens (including phenoxy) is 1. The fourth-order valence-electron chi connectivity index (χ4n) is 3.73. The van der Waals surface area contributed by atoms with E-state index in [4.69, 9.17) is 9.72 Å². The number of hydrogen-bond donors (Lipinski definition) is 0. The largest absolute Gasteiger partial charge is 0.379 e. The first kappa shape index (κ1) is 20.0. The van der Waals surface area contributed by atoms with E-state index < -0.39 is 0 Å². The average Bonchev–Trinajstić information content (AvgIpc) is 3.26. The van der Waals surface area contributed by atoms with Gasteiger partial charge < -0.3 is 4.74 Å². The Morgan fingerprint density at radius 1 is 1.00 bits per heavy atom. The zero-order valence-corrected chi connectivity index (χ0v) is 17.6. The van der Waals surface area contributed by atoms with Crippen molar-refractivity contribution in [2.75, 3.05) is 26.3 Å². The van der Waals surface area contributed by atoms with E-state index in [2.05, 4.69) is 9.88 Å². The van der Waals surface area contributed by atoms with Crippen LogP contribution in [0.4, 0.5) is 4.39 Å². The molecule has 158 valence electrons. The fraction of sp³-hybridized carbons (Fsp3) is 0.261. The van der Waals surface area contributed by atoms with Crippen LogP contribution in [0, 0.1) is 5.82 Å². The second-order valence-corrected chi connectivity index (χ2v) is 8.40. The lowest BCUT2D eigenvalue weighted by molar-refractivity contribution is 0.0325. The summed E-state index contributed by atoms with van der Waals surface area (Å²) in [4.78, 5) is 25.1. The molecule has 0 N–H and O–H groups in total. The third-order valence-corrected chi connectivity index (χ3v) is 6.23. The molecule has 2 aromatic heterocycles. The minimum absolute atomic E-state index is 0.0626. The number of nitrogens with zero attached hydrogens (tertiary/aromatic N) is 4.